The number of halogens is 2. The van der Waals surface area contributed by atoms with Crippen LogP contribution in [0.4, 0.5) is 8.78 Å². The number of aliphatic hydroxyl groups is 2. The Kier molecular flexibility index (Phi) is 5.57. The first-order valence-corrected chi connectivity index (χ1v) is 9.46. The summed E-state index contributed by atoms with van der Waals surface area (Å²) in [6.45, 7) is -0.446. The van der Waals surface area contributed by atoms with Gasteiger partial charge in [0.2, 0.25) is 0 Å². The molecule has 0 radical (unpaired) electrons. The van der Waals surface area contributed by atoms with E-state index in [4.69, 9.17) is 0 Å². The van der Waals surface area contributed by atoms with Crippen LogP contribution in [0.15, 0.2) is 41.3 Å². The molecule has 0 aliphatic carbocycles. The van der Waals surface area contributed by atoms with Crippen molar-refractivity contribution in [2.75, 3.05) is 0 Å². The van der Waals surface area contributed by atoms with Crippen molar-refractivity contribution in [1.29, 1.82) is 0 Å². The predicted molar refractivity (Wildman–Crippen MR) is 75.9 cm³/mol. The molecule has 0 amide bonds. The van der Waals surface area contributed by atoms with Crippen LogP contribution in [-0.4, -0.2) is 24.0 Å². The van der Waals surface area contributed by atoms with Gasteiger partial charge in [-0.05, 0) is 0 Å². The SMILES string of the molecule is OCc1cc(F)ccc1S[Se]c1ccc(F)cc1CO. The molecule has 0 saturated carbocycles. The van der Waals surface area contributed by atoms with E-state index in [2.05, 4.69) is 0 Å². The normalized spacial score (nSPS) is 10.8. The van der Waals surface area contributed by atoms with Crippen molar-refractivity contribution in [2.24, 2.45) is 0 Å². The van der Waals surface area contributed by atoms with E-state index in [0.29, 0.717) is 11.1 Å². The Labute approximate surface area is 125 Å². The third-order valence-corrected chi connectivity index (χ3v) is 7.07. The van der Waals surface area contributed by atoms with Crippen LogP contribution in [0.25, 0.3) is 0 Å². The van der Waals surface area contributed by atoms with Crippen molar-refractivity contribution in [2.45, 2.75) is 18.1 Å². The fraction of sp³-hybridized carbons (Fsp3) is 0.143. The van der Waals surface area contributed by atoms with E-state index in [1.165, 1.54) is 34.4 Å². The van der Waals surface area contributed by atoms with E-state index in [0.717, 1.165) is 9.36 Å². The van der Waals surface area contributed by atoms with E-state index >= 15 is 0 Å². The average molecular weight is 361 g/mol. The van der Waals surface area contributed by atoms with Crippen molar-refractivity contribution in [1.82, 2.24) is 0 Å². The zero-order valence-electron chi connectivity index (χ0n) is 10.3. The summed E-state index contributed by atoms with van der Waals surface area (Å²) >= 11 is -0.104. The number of benzene rings is 2. The summed E-state index contributed by atoms with van der Waals surface area (Å²) in [5.41, 5.74) is 1.09. The van der Waals surface area contributed by atoms with Crippen LogP contribution in [0, 0.1) is 11.6 Å². The van der Waals surface area contributed by atoms with Gasteiger partial charge in [-0.2, -0.15) is 0 Å². The molecule has 0 aliphatic rings. The van der Waals surface area contributed by atoms with Gasteiger partial charge < -0.3 is 0 Å². The third kappa shape index (κ3) is 3.81. The fourth-order valence-corrected chi connectivity index (χ4v) is 5.87. The van der Waals surface area contributed by atoms with Crippen LogP contribution < -0.4 is 4.46 Å². The average Bonchev–Trinajstić information content (AvgIpc) is 2.46. The molecule has 0 bridgehead atoms. The van der Waals surface area contributed by atoms with Crippen molar-refractivity contribution < 1.29 is 19.0 Å². The van der Waals surface area contributed by atoms with E-state index in [9.17, 15) is 19.0 Å². The Hall–Kier alpha value is -0.911. The molecule has 2 nitrogen and oxygen atoms in total. The second-order valence-electron chi connectivity index (χ2n) is 3.99. The first kappa shape index (κ1) is 15.5. The molecule has 0 aliphatic heterocycles. The maximum absolute atomic E-state index is 13.1. The van der Waals surface area contributed by atoms with Gasteiger partial charge in [-0.15, -0.1) is 0 Å². The van der Waals surface area contributed by atoms with Crippen LogP contribution in [0.2, 0.25) is 0 Å². The second kappa shape index (κ2) is 7.20. The minimum atomic E-state index is -0.385. The Morgan fingerprint density at radius 1 is 0.900 bits per heavy atom. The van der Waals surface area contributed by atoms with E-state index in [1.54, 1.807) is 12.1 Å². The Morgan fingerprint density at radius 3 is 2.15 bits per heavy atom. The second-order valence-corrected chi connectivity index (χ2v) is 7.78. The Bertz CT molecular complexity index is 554. The molecule has 0 fully saturated rings. The van der Waals surface area contributed by atoms with Crippen LogP contribution in [0.5, 0.6) is 0 Å². The summed E-state index contributed by atoms with van der Waals surface area (Å²) in [6.07, 6.45) is 0. The van der Waals surface area contributed by atoms with Gasteiger partial charge in [0, 0.05) is 0 Å². The van der Waals surface area contributed by atoms with Crippen molar-refractivity contribution >= 4 is 28.5 Å². The van der Waals surface area contributed by atoms with Gasteiger partial charge in [0.1, 0.15) is 0 Å². The van der Waals surface area contributed by atoms with Gasteiger partial charge in [0.05, 0.1) is 0 Å². The molecule has 0 atom stereocenters. The monoisotopic (exact) mass is 362 g/mol. The predicted octanol–water partition coefficient (Wildman–Crippen LogP) is 1.99. The van der Waals surface area contributed by atoms with Crippen LogP contribution in [-0.2, 0) is 13.2 Å². The molecule has 0 heterocycles. The molecule has 0 spiro atoms. The van der Waals surface area contributed by atoms with Gasteiger partial charge in [0.15, 0.2) is 0 Å². The first-order chi connectivity index (χ1) is 9.63. The van der Waals surface area contributed by atoms with Gasteiger partial charge in [0.25, 0.3) is 0 Å². The maximum atomic E-state index is 13.1. The molecule has 0 saturated heterocycles. The molecule has 20 heavy (non-hydrogen) atoms. The molecule has 0 unspecified atom stereocenters. The molecular weight excluding hydrogens is 349 g/mol. The number of rotatable bonds is 5. The molecular formula is C14H12F2O2SSe. The summed E-state index contributed by atoms with van der Waals surface area (Å²) in [5, 5.41) is 18.4. The van der Waals surface area contributed by atoms with Gasteiger partial charge >= 0.3 is 125 Å². The molecule has 6 heteroatoms. The fourth-order valence-electron chi connectivity index (χ4n) is 1.60. The number of hydrogen-bond acceptors (Lipinski definition) is 3. The summed E-state index contributed by atoms with van der Waals surface area (Å²) < 4.78 is 27.0. The van der Waals surface area contributed by atoms with Crippen LogP contribution in [0.3, 0.4) is 0 Å². The van der Waals surface area contributed by atoms with Crippen LogP contribution in [0.1, 0.15) is 11.1 Å². The summed E-state index contributed by atoms with van der Waals surface area (Å²) in [6, 6.07) is 8.58. The summed E-state index contributed by atoms with van der Waals surface area (Å²) in [4.78, 5) is 0.794. The van der Waals surface area contributed by atoms with Crippen LogP contribution >= 0.6 is 10.2 Å². The molecule has 2 rings (SSSR count). The van der Waals surface area contributed by atoms with E-state index in [-0.39, 0.29) is 38.7 Å². The Morgan fingerprint density at radius 2 is 1.50 bits per heavy atom. The molecule has 2 aromatic rings. The summed E-state index contributed by atoms with van der Waals surface area (Å²) in [5.74, 6) is -0.764. The first-order valence-electron chi connectivity index (χ1n) is 5.77. The molecule has 2 N–H and O–H groups in total. The Balaban J connectivity index is 2.16. The third-order valence-electron chi connectivity index (χ3n) is 2.61. The minimum absolute atomic E-state index is 0.104. The van der Waals surface area contributed by atoms with E-state index in [1.807, 2.05) is 0 Å². The van der Waals surface area contributed by atoms with E-state index < -0.39 is 0 Å². The zero-order chi connectivity index (χ0) is 14.5. The number of aliphatic hydroxyl groups excluding tert-OH is 2. The zero-order valence-corrected chi connectivity index (χ0v) is 12.9. The number of hydrogen-bond donors (Lipinski definition) is 2. The van der Waals surface area contributed by atoms with Crippen molar-refractivity contribution in [3.63, 3.8) is 0 Å². The van der Waals surface area contributed by atoms with Gasteiger partial charge in [-0.1, -0.05) is 0 Å². The van der Waals surface area contributed by atoms with Crippen molar-refractivity contribution in [3.8, 4) is 0 Å². The topological polar surface area (TPSA) is 40.5 Å². The quantitative estimate of drug-likeness (QED) is 0.801. The standard InChI is InChI=1S/C14H12F2O2SSe/c15-11-1-3-13(9(5-11)7-17)19-20-14-4-2-12(16)6-10(14)8-18/h1-6,17-18H,7-8H2. The molecule has 2 aromatic carbocycles. The van der Waals surface area contributed by atoms with Crippen molar-refractivity contribution in [3.05, 3.63) is 59.2 Å². The molecule has 0 aromatic heterocycles. The van der Waals surface area contributed by atoms with Gasteiger partial charge in [-0.3, -0.25) is 0 Å². The summed E-state index contributed by atoms with van der Waals surface area (Å²) in [7, 11) is 1.47. The molecule has 106 valence electrons. The van der Waals surface area contributed by atoms with Gasteiger partial charge in [-0.25, -0.2) is 0 Å².